The second kappa shape index (κ2) is 7.69. The van der Waals surface area contributed by atoms with E-state index >= 15 is 0 Å². The molecular weight excluding hydrogens is 472 g/mol. The van der Waals surface area contributed by atoms with Gasteiger partial charge in [-0.25, -0.2) is 0 Å². The number of benzene rings is 8. The number of para-hydroxylation sites is 1. The van der Waals surface area contributed by atoms with Crippen LogP contribution in [-0.2, 0) is 0 Å². The molecule has 1 nitrogen and oxygen atoms in total. The van der Waals surface area contributed by atoms with Gasteiger partial charge in [-0.05, 0) is 95.9 Å². The lowest BCUT2D eigenvalue weighted by molar-refractivity contribution is 0.487. The molecule has 8 aromatic rings. The maximum Gasteiger partial charge on any atom is 0.135 e. The summed E-state index contributed by atoms with van der Waals surface area (Å²) in [4.78, 5) is 0. The Balaban J connectivity index is 1.27. The quantitative estimate of drug-likeness (QED) is 0.217. The minimum atomic E-state index is 0.914. The van der Waals surface area contributed by atoms with Crippen LogP contribution in [0.25, 0.3) is 76.5 Å². The van der Waals surface area contributed by atoms with Gasteiger partial charge in [0.1, 0.15) is 11.5 Å². The molecule has 8 aromatic carbocycles. The fourth-order valence-corrected chi connectivity index (χ4v) is 6.61. The van der Waals surface area contributed by atoms with Crippen LogP contribution in [0.2, 0.25) is 0 Å². The minimum Gasteiger partial charge on any atom is -0.456 e. The summed E-state index contributed by atoms with van der Waals surface area (Å²) in [6.45, 7) is 0. The van der Waals surface area contributed by atoms with Gasteiger partial charge in [0.05, 0.1) is 0 Å². The predicted molar refractivity (Wildman–Crippen MR) is 164 cm³/mol. The summed E-state index contributed by atoms with van der Waals surface area (Å²) in [6.07, 6.45) is 0. The molecule has 9 rings (SSSR count). The number of rotatable bonds is 2. The van der Waals surface area contributed by atoms with Gasteiger partial charge in [-0.2, -0.15) is 0 Å². The first kappa shape index (κ1) is 20.9. The third-order valence-electron chi connectivity index (χ3n) is 8.37. The van der Waals surface area contributed by atoms with E-state index in [1.807, 2.05) is 6.07 Å². The Bertz CT molecular complexity index is 2240. The highest BCUT2D eigenvalue weighted by atomic mass is 16.5. The molecule has 0 unspecified atom stereocenters. The molecule has 0 spiro atoms. The van der Waals surface area contributed by atoms with Crippen LogP contribution in [0.4, 0.5) is 0 Å². The third-order valence-corrected chi connectivity index (χ3v) is 8.37. The highest BCUT2D eigenvalue weighted by molar-refractivity contribution is 6.25. The van der Waals surface area contributed by atoms with Gasteiger partial charge in [0.25, 0.3) is 0 Å². The van der Waals surface area contributed by atoms with Gasteiger partial charge in [0.2, 0.25) is 0 Å². The average molecular weight is 495 g/mol. The summed E-state index contributed by atoms with van der Waals surface area (Å²) in [7, 11) is 0. The number of fused-ring (bicyclic) bond motifs is 2. The van der Waals surface area contributed by atoms with Crippen LogP contribution in [0.3, 0.4) is 0 Å². The van der Waals surface area contributed by atoms with Gasteiger partial charge in [-0.1, -0.05) is 103 Å². The van der Waals surface area contributed by atoms with Crippen molar-refractivity contribution in [3.05, 3.63) is 133 Å². The Labute approximate surface area is 225 Å². The zero-order valence-electron chi connectivity index (χ0n) is 21.1. The molecule has 0 saturated heterocycles. The van der Waals surface area contributed by atoms with E-state index in [0.29, 0.717) is 0 Å². The van der Waals surface area contributed by atoms with Gasteiger partial charge in [0.15, 0.2) is 0 Å². The molecular formula is C38H22O. The topological polar surface area (TPSA) is 9.23 Å². The summed E-state index contributed by atoms with van der Waals surface area (Å²) >= 11 is 0. The summed E-state index contributed by atoms with van der Waals surface area (Å²) in [5, 5.41) is 10.3. The molecule has 39 heavy (non-hydrogen) atoms. The van der Waals surface area contributed by atoms with E-state index in [1.54, 1.807) is 0 Å². The number of ether oxygens (including phenoxy) is 1. The highest BCUT2D eigenvalue weighted by Crippen LogP contribution is 2.48. The zero-order valence-corrected chi connectivity index (χ0v) is 21.1. The van der Waals surface area contributed by atoms with Crippen molar-refractivity contribution in [1.29, 1.82) is 0 Å². The normalized spacial score (nSPS) is 12.3. The molecule has 0 amide bonds. The van der Waals surface area contributed by atoms with E-state index in [0.717, 1.165) is 17.1 Å². The van der Waals surface area contributed by atoms with Crippen LogP contribution in [0.1, 0.15) is 0 Å². The van der Waals surface area contributed by atoms with Crippen molar-refractivity contribution < 1.29 is 4.74 Å². The number of hydrogen-bond donors (Lipinski definition) is 0. The van der Waals surface area contributed by atoms with Crippen LogP contribution >= 0.6 is 0 Å². The van der Waals surface area contributed by atoms with E-state index in [-0.39, 0.29) is 0 Å². The van der Waals surface area contributed by atoms with Crippen molar-refractivity contribution in [2.45, 2.75) is 0 Å². The smallest absolute Gasteiger partial charge is 0.135 e. The van der Waals surface area contributed by atoms with E-state index in [1.165, 1.54) is 70.9 Å². The van der Waals surface area contributed by atoms with Crippen LogP contribution in [0.5, 0.6) is 11.5 Å². The molecule has 180 valence electrons. The lowest BCUT2D eigenvalue weighted by Gasteiger charge is -2.22. The second-order valence-electron chi connectivity index (χ2n) is 10.5. The first-order valence-electron chi connectivity index (χ1n) is 13.4. The van der Waals surface area contributed by atoms with Gasteiger partial charge in [-0.15, -0.1) is 0 Å². The molecule has 1 heterocycles. The Morgan fingerprint density at radius 1 is 0.333 bits per heavy atom. The van der Waals surface area contributed by atoms with Crippen molar-refractivity contribution in [2.24, 2.45) is 0 Å². The van der Waals surface area contributed by atoms with Gasteiger partial charge in [-0.3, -0.25) is 0 Å². The SMILES string of the molecule is c1cc(-c2cc3c4c(cccc4c2)Oc2ccccc2-3)cc(-c2ccc3ccc4cccc5ccc2c3c45)c1. The lowest BCUT2D eigenvalue weighted by Crippen LogP contribution is -1.97. The Kier molecular flexibility index (Phi) is 4.11. The first-order chi connectivity index (χ1) is 19.3. The summed E-state index contributed by atoms with van der Waals surface area (Å²) in [6, 6.07) is 48.5. The molecule has 0 aromatic heterocycles. The molecule has 1 aliphatic heterocycles. The van der Waals surface area contributed by atoms with Crippen molar-refractivity contribution >= 4 is 43.1 Å². The van der Waals surface area contributed by atoms with Gasteiger partial charge in [0, 0.05) is 10.9 Å². The summed E-state index contributed by atoms with van der Waals surface area (Å²) in [5.74, 6) is 1.84. The minimum absolute atomic E-state index is 0.914. The molecule has 0 atom stereocenters. The van der Waals surface area contributed by atoms with Gasteiger partial charge < -0.3 is 4.74 Å². The van der Waals surface area contributed by atoms with Crippen molar-refractivity contribution in [1.82, 2.24) is 0 Å². The average Bonchev–Trinajstić information content (AvgIpc) is 3.00. The van der Waals surface area contributed by atoms with E-state index in [2.05, 4.69) is 127 Å². The fourth-order valence-electron chi connectivity index (χ4n) is 6.61. The Morgan fingerprint density at radius 3 is 1.95 bits per heavy atom. The highest BCUT2D eigenvalue weighted by Gasteiger charge is 2.21. The Morgan fingerprint density at radius 2 is 1.03 bits per heavy atom. The molecule has 0 fully saturated rings. The zero-order chi connectivity index (χ0) is 25.5. The maximum atomic E-state index is 6.26. The number of hydrogen-bond acceptors (Lipinski definition) is 1. The van der Waals surface area contributed by atoms with E-state index in [4.69, 9.17) is 4.74 Å². The van der Waals surface area contributed by atoms with Crippen molar-refractivity contribution in [2.75, 3.05) is 0 Å². The third kappa shape index (κ3) is 2.96. The van der Waals surface area contributed by atoms with Crippen LogP contribution < -0.4 is 4.74 Å². The molecule has 1 aliphatic rings. The summed E-state index contributed by atoms with van der Waals surface area (Å²) in [5.41, 5.74) is 7.30. The van der Waals surface area contributed by atoms with Crippen molar-refractivity contribution in [3.8, 4) is 44.9 Å². The molecule has 1 heteroatoms. The molecule has 0 bridgehead atoms. The van der Waals surface area contributed by atoms with Crippen LogP contribution in [0.15, 0.2) is 133 Å². The molecule has 0 saturated carbocycles. The Hall–Kier alpha value is -5.14. The predicted octanol–water partition coefficient (Wildman–Crippen LogP) is 10.8. The summed E-state index contributed by atoms with van der Waals surface area (Å²) < 4.78 is 6.26. The van der Waals surface area contributed by atoms with E-state index in [9.17, 15) is 0 Å². The van der Waals surface area contributed by atoms with Crippen LogP contribution in [-0.4, -0.2) is 0 Å². The first-order valence-corrected chi connectivity index (χ1v) is 13.4. The molecule has 0 aliphatic carbocycles. The monoisotopic (exact) mass is 494 g/mol. The lowest BCUT2D eigenvalue weighted by atomic mass is 9.88. The van der Waals surface area contributed by atoms with E-state index < -0.39 is 0 Å². The fraction of sp³-hybridized carbons (Fsp3) is 0. The van der Waals surface area contributed by atoms with Gasteiger partial charge >= 0.3 is 0 Å². The van der Waals surface area contributed by atoms with Crippen molar-refractivity contribution in [3.63, 3.8) is 0 Å². The van der Waals surface area contributed by atoms with Crippen LogP contribution in [0, 0.1) is 0 Å². The maximum absolute atomic E-state index is 6.26. The molecule has 0 radical (unpaired) electrons. The largest absolute Gasteiger partial charge is 0.456 e. The second-order valence-corrected chi connectivity index (χ2v) is 10.5. The standard InChI is InChI=1S/C38H22O/c1-2-12-34-31(11-1)33-22-29(21-28-10-5-13-35(39-34)37(28)33)26-8-4-9-27(20-26)30-18-16-25-15-14-23-6-3-7-24-17-19-32(30)38(25)36(23)24/h1-22H. The molecule has 0 N–H and O–H groups in total.